The first-order valence-corrected chi connectivity index (χ1v) is 12.9. The Bertz CT molecular complexity index is 1330. The molecule has 3 rings (SSSR count). The lowest BCUT2D eigenvalue weighted by Gasteiger charge is -2.26. The molecule has 2 heterocycles. The quantitative estimate of drug-likeness (QED) is 0.311. The van der Waals surface area contributed by atoms with Crippen molar-refractivity contribution in [3.8, 4) is 5.75 Å². The molecule has 4 N–H and O–H groups in total. The van der Waals surface area contributed by atoms with Gasteiger partial charge in [-0.25, -0.2) is 4.99 Å². The number of carbonyl (C=O) groups excluding carboxylic acids is 3. The second kappa shape index (κ2) is 13.4. The molecule has 42 heavy (non-hydrogen) atoms. The topological polar surface area (TPSA) is 136 Å². The number of carbonyl (C=O) groups is 3. The molecule has 2 aromatic rings. The molecule has 0 saturated heterocycles. The van der Waals surface area contributed by atoms with Gasteiger partial charge in [-0.1, -0.05) is 23.7 Å². The Morgan fingerprint density at radius 2 is 1.76 bits per heavy atom. The first-order valence-electron chi connectivity index (χ1n) is 12.5. The van der Waals surface area contributed by atoms with Crippen LogP contribution < -0.4 is 21.1 Å². The molecular weight excluding hydrogens is 596 g/mol. The Kier molecular flexibility index (Phi) is 10.4. The van der Waals surface area contributed by atoms with Gasteiger partial charge in [-0.3, -0.25) is 19.4 Å². The van der Waals surface area contributed by atoms with Crippen LogP contribution >= 0.6 is 11.6 Å². The number of primary amides is 1. The van der Waals surface area contributed by atoms with Crippen molar-refractivity contribution in [3.63, 3.8) is 0 Å². The number of aliphatic imine (C=N–C) groups is 1. The third-order valence-electron chi connectivity index (χ3n) is 6.41. The summed E-state index contributed by atoms with van der Waals surface area (Å²) in [5, 5.41) is 5.13. The van der Waals surface area contributed by atoms with Gasteiger partial charge < -0.3 is 21.1 Å². The van der Waals surface area contributed by atoms with Crippen LogP contribution in [-0.4, -0.2) is 54.0 Å². The number of anilines is 1. The highest BCUT2D eigenvalue weighted by atomic mass is 35.5. The van der Waals surface area contributed by atoms with Gasteiger partial charge in [0.2, 0.25) is 18.0 Å². The largest absolute Gasteiger partial charge is 0.495 e. The van der Waals surface area contributed by atoms with Crippen LogP contribution in [-0.2, 0) is 14.4 Å². The standard InChI is InChI=1S/C26H26ClF6N5O4/c1-42-18-6-2-4-16-19(17-8-7-13(27)12-35-17)36-22(24(41)37-20(16)18)38-23(40)15(5-3-10-25(28,29)30)14(21(34)39)9-11-26(31,32)33/h2,4,6-8,12,14-15,22H,3,5,9-11H2,1H3,(H2,34,39)(H,37,41)(H,38,40)/t14-,15+,22+/m0/s1. The number of amides is 3. The lowest BCUT2D eigenvalue weighted by molar-refractivity contribution is -0.147. The van der Waals surface area contributed by atoms with Crippen molar-refractivity contribution in [2.24, 2.45) is 22.6 Å². The van der Waals surface area contributed by atoms with Crippen LogP contribution in [0, 0.1) is 11.8 Å². The highest BCUT2D eigenvalue weighted by molar-refractivity contribution is 6.30. The van der Waals surface area contributed by atoms with Crippen LogP contribution in [0.1, 0.15) is 43.4 Å². The van der Waals surface area contributed by atoms with Gasteiger partial charge in [0.05, 0.1) is 29.2 Å². The number of halogens is 7. The number of methoxy groups -OCH3 is 1. The number of ether oxygens (including phenoxy) is 1. The molecule has 3 atom stereocenters. The van der Waals surface area contributed by atoms with E-state index in [4.69, 9.17) is 22.1 Å². The third-order valence-corrected chi connectivity index (χ3v) is 6.63. The molecule has 0 spiro atoms. The average molecular weight is 622 g/mol. The van der Waals surface area contributed by atoms with Gasteiger partial charge >= 0.3 is 12.4 Å². The molecule has 0 radical (unpaired) electrons. The molecule has 3 amide bonds. The van der Waals surface area contributed by atoms with Crippen LogP contribution in [0.15, 0.2) is 41.5 Å². The predicted molar refractivity (Wildman–Crippen MR) is 140 cm³/mol. The number of nitrogens with one attached hydrogen (secondary N) is 2. The van der Waals surface area contributed by atoms with Gasteiger partial charge in [0.15, 0.2) is 0 Å². The molecule has 0 unspecified atom stereocenters. The number of fused-ring (bicyclic) bond motifs is 1. The highest BCUT2D eigenvalue weighted by Gasteiger charge is 2.39. The second-order valence-electron chi connectivity index (χ2n) is 9.40. The molecule has 0 aliphatic carbocycles. The zero-order valence-corrected chi connectivity index (χ0v) is 22.7. The molecule has 16 heteroatoms. The van der Waals surface area contributed by atoms with Gasteiger partial charge in [0.25, 0.3) is 5.91 Å². The summed E-state index contributed by atoms with van der Waals surface area (Å²) in [5.41, 5.74) is 6.09. The number of hydrogen-bond acceptors (Lipinski definition) is 6. The molecule has 228 valence electrons. The number of alkyl halides is 6. The number of hydrogen-bond donors (Lipinski definition) is 3. The van der Waals surface area contributed by atoms with Crippen molar-refractivity contribution in [1.29, 1.82) is 0 Å². The summed E-state index contributed by atoms with van der Waals surface area (Å²) in [6, 6.07) is 7.70. The van der Waals surface area contributed by atoms with Crippen molar-refractivity contribution in [2.75, 3.05) is 12.4 Å². The number of nitrogens with two attached hydrogens (primary N) is 1. The van der Waals surface area contributed by atoms with E-state index in [-0.39, 0.29) is 27.9 Å². The van der Waals surface area contributed by atoms with Gasteiger partial charge in [0.1, 0.15) is 5.75 Å². The van der Waals surface area contributed by atoms with Crippen molar-refractivity contribution in [3.05, 3.63) is 52.8 Å². The van der Waals surface area contributed by atoms with Crippen LogP contribution in [0.25, 0.3) is 0 Å². The summed E-state index contributed by atoms with van der Waals surface area (Å²) in [5.74, 6) is -6.64. The molecule has 0 saturated carbocycles. The molecule has 1 aliphatic heterocycles. The lowest BCUT2D eigenvalue weighted by atomic mass is 9.83. The number of rotatable bonds is 11. The Balaban J connectivity index is 2.01. The molecule has 0 bridgehead atoms. The van der Waals surface area contributed by atoms with Crippen molar-refractivity contribution < 1.29 is 45.5 Å². The maximum absolute atomic E-state index is 13.4. The Morgan fingerprint density at radius 3 is 2.33 bits per heavy atom. The van der Waals surface area contributed by atoms with Gasteiger partial charge in [0, 0.05) is 36.4 Å². The first kappa shape index (κ1) is 32.6. The number of benzene rings is 1. The fourth-order valence-electron chi connectivity index (χ4n) is 4.43. The summed E-state index contributed by atoms with van der Waals surface area (Å²) in [4.78, 5) is 47.3. The Morgan fingerprint density at radius 1 is 1.07 bits per heavy atom. The Hall–Kier alpha value is -3.88. The van der Waals surface area contributed by atoms with Crippen molar-refractivity contribution >= 4 is 40.7 Å². The van der Waals surface area contributed by atoms with Crippen LogP contribution in [0.3, 0.4) is 0 Å². The van der Waals surface area contributed by atoms with E-state index in [0.717, 1.165) is 0 Å². The Labute approximate surface area is 240 Å². The third kappa shape index (κ3) is 8.81. The van der Waals surface area contributed by atoms with Gasteiger partial charge in [-0.2, -0.15) is 26.3 Å². The zero-order chi connectivity index (χ0) is 31.2. The molecule has 1 aliphatic rings. The molecule has 0 fully saturated rings. The van der Waals surface area contributed by atoms with E-state index in [1.54, 1.807) is 18.2 Å². The number of para-hydroxylation sites is 1. The van der Waals surface area contributed by atoms with Crippen molar-refractivity contribution in [1.82, 2.24) is 10.3 Å². The molecule has 1 aromatic carbocycles. The summed E-state index contributed by atoms with van der Waals surface area (Å²) >= 11 is 5.94. The number of aromatic nitrogens is 1. The summed E-state index contributed by atoms with van der Waals surface area (Å²) in [6.07, 6.45) is -14.9. The maximum Gasteiger partial charge on any atom is 0.389 e. The number of benzodiazepines with no additional fused rings is 1. The maximum atomic E-state index is 13.4. The van der Waals surface area contributed by atoms with Crippen LogP contribution in [0.4, 0.5) is 32.0 Å². The summed E-state index contributed by atoms with van der Waals surface area (Å²) in [7, 11) is 1.35. The minimum atomic E-state index is -4.72. The number of nitrogens with zero attached hydrogens (tertiary/aromatic N) is 2. The zero-order valence-electron chi connectivity index (χ0n) is 22.0. The van der Waals surface area contributed by atoms with Crippen LogP contribution in [0.2, 0.25) is 5.02 Å². The highest BCUT2D eigenvalue weighted by Crippen LogP contribution is 2.34. The molecule has 9 nitrogen and oxygen atoms in total. The van der Waals surface area contributed by atoms with Crippen molar-refractivity contribution in [2.45, 2.75) is 50.6 Å². The second-order valence-corrected chi connectivity index (χ2v) is 9.84. The fraction of sp³-hybridized carbons (Fsp3) is 0.423. The van der Waals surface area contributed by atoms with E-state index in [1.165, 1.54) is 25.4 Å². The monoisotopic (exact) mass is 621 g/mol. The molecular formula is C26H26ClF6N5O4. The SMILES string of the molecule is COc1cccc2c1NC(=O)[C@@H](NC(=O)[C@H](CCCC(F)(F)F)[C@H](CCC(F)(F)F)C(N)=O)N=C2c1ccc(Cl)cn1. The van der Waals surface area contributed by atoms with E-state index >= 15 is 0 Å². The van der Waals surface area contributed by atoms with E-state index < -0.39 is 80.2 Å². The summed E-state index contributed by atoms with van der Waals surface area (Å²) in [6.45, 7) is 0. The fourth-order valence-corrected chi connectivity index (χ4v) is 4.55. The van der Waals surface area contributed by atoms with E-state index in [2.05, 4.69) is 20.6 Å². The van der Waals surface area contributed by atoms with E-state index in [0.29, 0.717) is 5.56 Å². The summed E-state index contributed by atoms with van der Waals surface area (Å²) < 4.78 is 82.6. The van der Waals surface area contributed by atoms with Gasteiger partial charge in [-0.15, -0.1) is 0 Å². The normalized spacial score (nSPS) is 16.8. The minimum absolute atomic E-state index is 0.0846. The van der Waals surface area contributed by atoms with E-state index in [9.17, 15) is 40.7 Å². The smallest absolute Gasteiger partial charge is 0.389 e. The molecule has 1 aromatic heterocycles. The average Bonchev–Trinajstić information content (AvgIpc) is 3.02. The number of pyridine rings is 1. The minimum Gasteiger partial charge on any atom is -0.495 e. The predicted octanol–water partition coefficient (Wildman–Crippen LogP) is 4.77. The van der Waals surface area contributed by atoms with E-state index in [1.807, 2.05) is 0 Å². The lowest BCUT2D eigenvalue weighted by Crippen LogP contribution is -2.48. The van der Waals surface area contributed by atoms with Gasteiger partial charge in [-0.05, 0) is 37.5 Å². The first-order chi connectivity index (χ1) is 19.6. The van der Waals surface area contributed by atoms with Crippen LogP contribution in [0.5, 0.6) is 5.75 Å².